The van der Waals surface area contributed by atoms with Gasteiger partial charge in [-0.25, -0.2) is 5.43 Å². The molecule has 3 nitrogen and oxygen atoms in total. The van der Waals surface area contributed by atoms with E-state index in [-0.39, 0.29) is 6.04 Å². The Balaban J connectivity index is 2.12. The van der Waals surface area contributed by atoms with Crippen LogP contribution in [0.15, 0.2) is 59.2 Å². The fourth-order valence-electron chi connectivity index (χ4n) is 2.44. The van der Waals surface area contributed by atoms with E-state index >= 15 is 0 Å². The summed E-state index contributed by atoms with van der Waals surface area (Å²) < 4.78 is 5.59. The summed E-state index contributed by atoms with van der Waals surface area (Å²) in [5.74, 6) is 5.75. The Bertz CT molecular complexity index is 703. The second-order valence-corrected chi connectivity index (χ2v) is 4.70. The highest BCUT2D eigenvalue weighted by atomic mass is 16.3. The Hall–Kier alpha value is -2.10. The molecule has 1 aromatic heterocycles. The quantitative estimate of drug-likeness (QED) is 0.555. The molecule has 2 aromatic carbocycles. The number of rotatable bonds is 3. The normalized spacial score (nSPS) is 12.7. The van der Waals surface area contributed by atoms with Gasteiger partial charge in [-0.2, -0.15) is 0 Å². The van der Waals surface area contributed by atoms with Crippen molar-refractivity contribution in [2.24, 2.45) is 5.84 Å². The molecule has 1 unspecified atom stereocenters. The molecule has 3 rings (SSSR count). The van der Waals surface area contributed by atoms with Crippen molar-refractivity contribution in [1.29, 1.82) is 0 Å². The number of hydrogen-bond donors (Lipinski definition) is 2. The van der Waals surface area contributed by atoms with Crippen molar-refractivity contribution >= 4 is 11.0 Å². The van der Waals surface area contributed by atoms with Gasteiger partial charge in [0.05, 0.1) is 12.3 Å². The fraction of sp³-hybridized carbons (Fsp3) is 0.125. The summed E-state index contributed by atoms with van der Waals surface area (Å²) in [6.07, 6.45) is 1.78. The van der Waals surface area contributed by atoms with Crippen LogP contribution >= 0.6 is 0 Å². The second kappa shape index (κ2) is 4.88. The Morgan fingerprint density at radius 2 is 1.95 bits per heavy atom. The van der Waals surface area contributed by atoms with E-state index in [0.717, 1.165) is 22.1 Å². The minimum absolute atomic E-state index is 0.0662. The summed E-state index contributed by atoms with van der Waals surface area (Å²) >= 11 is 0. The van der Waals surface area contributed by atoms with Gasteiger partial charge in [0.25, 0.3) is 0 Å². The van der Waals surface area contributed by atoms with Gasteiger partial charge in [0.2, 0.25) is 0 Å². The highest BCUT2D eigenvalue weighted by Crippen LogP contribution is 2.30. The summed E-state index contributed by atoms with van der Waals surface area (Å²) in [5, 5.41) is 1.09. The summed E-state index contributed by atoms with van der Waals surface area (Å²) in [6.45, 7) is 2.07. The van der Waals surface area contributed by atoms with Crippen molar-refractivity contribution in [2.45, 2.75) is 13.0 Å². The summed E-state index contributed by atoms with van der Waals surface area (Å²) in [7, 11) is 0. The first-order valence-corrected chi connectivity index (χ1v) is 6.28. The van der Waals surface area contributed by atoms with Gasteiger partial charge < -0.3 is 4.42 Å². The lowest BCUT2D eigenvalue weighted by Gasteiger charge is -2.15. The van der Waals surface area contributed by atoms with Gasteiger partial charge in [0, 0.05) is 10.9 Å². The first-order chi connectivity index (χ1) is 9.29. The maximum atomic E-state index is 5.75. The zero-order valence-electron chi connectivity index (χ0n) is 10.8. The molecule has 19 heavy (non-hydrogen) atoms. The fourth-order valence-corrected chi connectivity index (χ4v) is 2.44. The number of para-hydroxylation sites is 1. The van der Waals surface area contributed by atoms with E-state index in [1.165, 1.54) is 5.56 Å². The van der Waals surface area contributed by atoms with E-state index in [0.29, 0.717) is 0 Å². The maximum Gasteiger partial charge on any atom is 0.134 e. The van der Waals surface area contributed by atoms with Crippen LogP contribution in [-0.2, 0) is 0 Å². The number of benzene rings is 2. The third-order valence-corrected chi connectivity index (χ3v) is 3.36. The van der Waals surface area contributed by atoms with Crippen molar-refractivity contribution in [2.75, 3.05) is 0 Å². The van der Waals surface area contributed by atoms with Crippen molar-refractivity contribution in [3.63, 3.8) is 0 Å². The van der Waals surface area contributed by atoms with Gasteiger partial charge in [0.1, 0.15) is 5.58 Å². The molecule has 0 aliphatic heterocycles. The molecule has 0 amide bonds. The van der Waals surface area contributed by atoms with Gasteiger partial charge in [-0.3, -0.25) is 5.84 Å². The van der Waals surface area contributed by atoms with Crippen LogP contribution in [0.1, 0.15) is 22.7 Å². The molecular formula is C16H16N2O. The Morgan fingerprint density at radius 1 is 1.11 bits per heavy atom. The smallest absolute Gasteiger partial charge is 0.134 e. The molecule has 1 atom stereocenters. The van der Waals surface area contributed by atoms with Crippen molar-refractivity contribution in [3.8, 4) is 0 Å². The molecule has 1 heterocycles. The monoisotopic (exact) mass is 252 g/mol. The number of nitrogens with two attached hydrogens (primary N) is 1. The van der Waals surface area contributed by atoms with Crippen molar-refractivity contribution < 1.29 is 4.42 Å². The zero-order chi connectivity index (χ0) is 13.2. The average molecular weight is 252 g/mol. The minimum atomic E-state index is -0.0662. The molecule has 96 valence electrons. The number of hydrazine groups is 1. The lowest BCUT2D eigenvalue weighted by atomic mass is 9.97. The summed E-state index contributed by atoms with van der Waals surface area (Å²) in [4.78, 5) is 0. The van der Waals surface area contributed by atoms with E-state index < -0.39 is 0 Å². The van der Waals surface area contributed by atoms with Gasteiger partial charge in [-0.1, -0.05) is 48.0 Å². The van der Waals surface area contributed by atoms with Crippen LogP contribution in [0.25, 0.3) is 11.0 Å². The Morgan fingerprint density at radius 3 is 2.74 bits per heavy atom. The van der Waals surface area contributed by atoms with Crippen LogP contribution in [0.2, 0.25) is 0 Å². The molecule has 3 heteroatoms. The minimum Gasteiger partial charge on any atom is -0.464 e. The number of fused-ring (bicyclic) bond motifs is 1. The predicted octanol–water partition coefficient (Wildman–Crippen LogP) is 3.29. The molecule has 0 saturated carbocycles. The van der Waals surface area contributed by atoms with Crippen LogP contribution in [0.4, 0.5) is 0 Å². The third kappa shape index (κ3) is 2.14. The SMILES string of the molecule is Cc1cccc(C(NN)c2coc3ccccc23)c1. The molecule has 0 radical (unpaired) electrons. The predicted molar refractivity (Wildman–Crippen MR) is 76.6 cm³/mol. The summed E-state index contributed by atoms with van der Waals surface area (Å²) in [6, 6.07) is 16.2. The highest BCUT2D eigenvalue weighted by Gasteiger charge is 2.17. The van der Waals surface area contributed by atoms with Crippen LogP contribution in [0.3, 0.4) is 0 Å². The lowest BCUT2D eigenvalue weighted by molar-refractivity contribution is 0.586. The van der Waals surface area contributed by atoms with Gasteiger partial charge >= 0.3 is 0 Å². The van der Waals surface area contributed by atoms with Crippen LogP contribution in [-0.4, -0.2) is 0 Å². The number of aryl methyl sites for hydroxylation is 1. The third-order valence-electron chi connectivity index (χ3n) is 3.36. The lowest BCUT2D eigenvalue weighted by Crippen LogP contribution is -2.28. The molecule has 3 aromatic rings. The molecule has 0 bridgehead atoms. The number of furan rings is 1. The first-order valence-electron chi connectivity index (χ1n) is 6.28. The topological polar surface area (TPSA) is 51.2 Å². The molecule has 0 aliphatic rings. The number of hydrogen-bond acceptors (Lipinski definition) is 3. The Kier molecular flexibility index (Phi) is 3.07. The standard InChI is InChI=1S/C16H16N2O/c1-11-5-4-6-12(9-11)16(18-17)14-10-19-15-8-3-2-7-13(14)15/h2-10,16,18H,17H2,1H3. The van der Waals surface area contributed by atoms with E-state index in [4.69, 9.17) is 10.3 Å². The van der Waals surface area contributed by atoms with Gasteiger partial charge in [0.15, 0.2) is 0 Å². The zero-order valence-corrected chi connectivity index (χ0v) is 10.8. The second-order valence-electron chi connectivity index (χ2n) is 4.70. The Labute approximate surface area is 112 Å². The van der Waals surface area contributed by atoms with Gasteiger partial charge in [-0.15, -0.1) is 0 Å². The molecule has 0 saturated heterocycles. The molecule has 3 N–H and O–H groups in total. The maximum absolute atomic E-state index is 5.75. The number of nitrogens with one attached hydrogen (secondary N) is 1. The molecule has 0 aliphatic carbocycles. The van der Waals surface area contributed by atoms with E-state index in [1.54, 1.807) is 6.26 Å². The van der Waals surface area contributed by atoms with Crippen LogP contribution in [0, 0.1) is 6.92 Å². The van der Waals surface area contributed by atoms with E-state index in [9.17, 15) is 0 Å². The van der Waals surface area contributed by atoms with E-state index in [1.807, 2.05) is 30.3 Å². The largest absolute Gasteiger partial charge is 0.464 e. The summed E-state index contributed by atoms with van der Waals surface area (Å²) in [5.41, 5.74) is 7.17. The van der Waals surface area contributed by atoms with E-state index in [2.05, 4.69) is 30.5 Å². The van der Waals surface area contributed by atoms with Gasteiger partial charge in [-0.05, 0) is 18.6 Å². The molecule has 0 spiro atoms. The van der Waals surface area contributed by atoms with Crippen molar-refractivity contribution in [3.05, 3.63) is 71.5 Å². The van der Waals surface area contributed by atoms with Crippen LogP contribution in [0.5, 0.6) is 0 Å². The highest BCUT2D eigenvalue weighted by molar-refractivity contribution is 5.81. The average Bonchev–Trinajstić information content (AvgIpc) is 2.84. The molecule has 0 fully saturated rings. The first kappa shape index (κ1) is 12.0. The van der Waals surface area contributed by atoms with Crippen LogP contribution < -0.4 is 11.3 Å². The van der Waals surface area contributed by atoms with Crippen molar-refractivity contribution in [1.82, 2.24) is 5.43 Å². The molecular weight excluding hydrogens is 236 g/mol.